The molecule has 0 saturated carbocycles. The standard InChI is InChI=1S/C6H15NO/c1-5(2)6(7)3-4-8/h5-6,8H,3-4,7H2,1-2H3/t6-/m1/s1. The summed E-state index contributed by atoms with van der Waals surface area (Å²) in [4.78, 5) is 0. The Balaban J connectivity index is 3.17. The number of hydrogen-bond donors (Lipinski definition) is 2. The highest BCUT2D eigenvalue weighted by Gasteiger charge is 2.04. The normalized spacial score (nSPS) is 14.6. The van der Waals surface area contributed by atoms with E-state index in [0.717, 1.165) is 6.42 Å². The van der Waals surface area contributed by atoms with Crippen LogP contribution in [0.1, 0.15) is 20.3 Å². The van der Waals surface area contributed by atoms with E-state index in [0.29, 0.717) is 5.92 Å². The lowest BCUT2D eigenvalue weighted by Crippen LogP contribution is -2.27. The van der Waals surface area contributed by atoms with Crippen LogP contribution in [0.3, 0.4) is 0 Å². The molecule has 0 aromatic rings. The summed E-state index contributed by atoms with van der Waals surface area (Å²) in [5.74, 6) is 0.488. The summed E-state index contributed by atoms with van der Waals surface area (Å²) in [7, 11) is 0. The van der Waals surface area contributed by atoms with Crippen molar-refractivity contribution in [1.82, 2.24) is 0 Å². The van der Waals surface area contributed by atoms with E-state index in [2.05, 4.69) is 13.8 Å². The number of aliphatic hydroxyl groups is 1. The fourth-order valence-corrected chi connectivity index (χ4v) is 0.482. The maximum Gasteiger partial charge on any atom is 0.0445 e. The smallest absolute Gasteiger partial charge is 0.0445 e. The van der Waals surface area contributed by atoms with Crippen LogP contribution in [-0.4, -0.2) is 17.8 Å². The Morgan fingerprint density at radius 3 is 2.12 bits per heavy atom. The Morgan fingerprint density at radius 1 is 1.50 bits per heavy atom. The van der Waals surface area contributed by atoms with Gasteiger partial charge in [0, 0.05) is 12.6 Å². The Morgan fingerprint density at radius 2 is 2.00 bits per heavy atom. The molecular weight excluding hydrogens is 102 g/mol. The lowest BCUT2D eigenvalue weighted by Gasteiger charge is -2.12. The molecule has 0 heterocycles. The average molecular weight is 117 g/mol. The predicted octanol–water partition coefficient (Wildman–Crippen LogP) is 0.352. The summed E-state index contributed by atoms with van der Waals surface area (Å²) in [6.07, 6.45) is 0.720. The molecule has 0 aliphatic carbocycles. The minimum absolute atomic E-state index is 0.167. The molecule has 2 nitrogen and oxygen atoms in total. The fourth-order valence-electron chi connectivity index (χ4n) is 0.482. The molecule has 0 rings (SSSR count). The van der Waals surface area contributed by atoms with Gasteiger partial charge < -0.3 is 10.8 Å². The second kappa shape index (κ2) is 3.87. The van der Waals surface area contributed by atoms with E-state index < -0.39 is 0 Å². The Bertz CT molecular complexity index is 54.5. The van der Waals surface area contributed by atoms with Crippen LogP contribution in [0.2, 0.25) is 0 Å². The molecular formula is C6H15NO. The summed E-state index contributed by atoms with van der Waals surface area (Å²) < 4.78 is 0. The van der Waals surface area contributed by atoms with Crippen molar-refractivity contribution in [1.29, 1.82) is 0 Å². The fraction of sp³-hybridized carbons (Fsp3) is 1.00. The Labute approximate surface area is 50.7 Å². The third kappa shape index (κ3) is 2.99. The Kier molecular flexibility index (Phi) is 3.83. The third-order valence-corrected chi connectivity index (χ3v) is 1.32. The second-order valence-electron chi connectivity index (χ2n) is 2.42. The van der Waals surface area contributed by atoms with Gasteiger partial charge in [-0.15, -0.1) is 0 Å². The number of aliphatic hydroxyl groups excluding tert-OH is 1. The third-order valence-electron chi connectivity index (χ3n) is 1.32. The van der Waals surface area contributed by atoms with Gasteiger partial charge in [0.15, 0.2) is 0 Å². The van der Waals surface area contributed by atoms with Crippen molar-refractivity contribution in [2.24, 2.45) is 11.7 Å². The predicted molar refractivity (Wildman–Crippen MR) is 34.5 cm³/mol. The van der Waals surface area contributed by atoms with E-state index in [-0.39, 0.29) is 12.6 Å². The molecule has 50 valence electrons. The van der Waals surface area contributed by atoms with Crippen LogP contribution in [0.15, 0.2) is 0 Å². The molecule has 2 heteroatoms. The van der Waals surface area contributed by atoms with Crippen LogP contribution in [-0.2, 0) is 0 Å². The van der Waals surface area contributed by atoms with Crippen LogP contribution in [0.4, 0.5) is 0 Å². The van der Waals surface area contributed by atoms with E-state index in [1.54, 1.807) is 0 Å². The first-order chi connectivity index (χ1) is 3.68. The molecule has 0 aliphatic rings. The minimum atomic E-state index is 0.167. The molecule has 0 bridgehead atoms. The van der Waals surface area contributed by atoms with E-state index in [1.807, 2.05) is 0 Å². The van der Waals surface area contributed by atoms with Crippen molar-refractivity contribution in [2.45, 2.75) is 26.3 Å². The first-order valence-corrected chi connectivity index (χ1v) is 3.05. The molecule has 0 amide bonds. The van der Waals surface area contributed by atoms with Gasteiger partial charge in [-0.1, -0.05) is 13.8 Å². The van der Waals surface area contributed by atoms with Gasteiger partial charge >= 0.3 is 0 Å². The molecule has 0 aromatic carbocycles. The van der Waals surface area contributed by atoms with Crippen molar-refractivity contribution in [3.8, 4) is 0 Å². The Hall–Kier alpha value is -0.0800. The molecule has 3 N–H and O–H groups in total. The number of nitrogens with two attached hydrogens (primary N) is 1. The van der Waals surface area contributed by atoms with Gasteiger partial charge in [0.05, 0.1) is 0 Å². The molecule has 0 saturated heterocycles. The molecule has 8 heavy (non-hydrogen) atoms. The van der Waals surface area contributed by atoms with Crippen LogP contribution in [0, 0.1) is 5.92 Å². The van der Waals surface area contributed by atoms with Crippen LogP contribution in [0.5, 0.6) is 0 Å². The SMILES string of the molecule is CC(C)[C@H](N)CCO. The van der Waals surface area contributed by atoms with Crippen LogP contribution < -0.4 is 5.73 Å². The molecule has 0 aliphatic heterocycles. The molecule has 0 aromatic heterocycles. The van der Waals surface area contributed by atoms with E-state index in [1.165, 1.54) is 0 Å². The van der Waals surface area contributed by atoms with E-state index >= 15 is 0 Å². The lowest BCUT2D eigenvalue weighted by molar-refractivity contribution is 0.262. The van der Waals surface area contributed by atoms with E-state index in [9.17, 15) is 0 Å². The number of hydrogen-bond acceptors (Lipinski definition) is 2. The van der Waals surface area contributed by atoms with Gasteiger partial charge in [0.1, 0.15) is 0 Å². The highest BCUT2D eigenvalue weighted by molar-refractivity contribution is 4.63. The van der Waals surface area contributed by atoms with Gasteiger partial charge in [-0.05, 0) is 12.3 Å². The minimum Gasteiger partial charge on any atom is -0.396 e. The quantitative estimate of drug-likeness (QED) is 0.560. The van der Waals surface area contributed by atoms with Crippen molar-refractivity contribution in [2.75, 3.05) is 6.61 Å². The first kappa shape index (κ1) is 7.92. The van der Waals surface area contributed by atoms with Crippen molar-refractivity contribution in [3.05, 3.63) is 0 Å². The highest BCUT2D eigenvalue weighted by atomic mass is 16.3. The maximum absolute atomic E-state index is 8.41. The summed E-state index contributed by atoms with van der Waals surface area (Å²) in [6.45, 7) is 4.32. The number of rotatable bonds is 3. The second-order valence-corrected chi connectivity index (χ2v) is 2.42. The first-order valence-electron chi connectivity index (χ1n) is 3.05. The van der Waals surface area contributed by atoms with Crippen LogP contribution in [0.25, 0.3) is 0 Å². The summed E-state index contributed by atoms with van der Waals surface area (Å²) in [5.41, 5.74) is 5.57. The summed E-state index contributed by atoms with van der Waals surface area (Å²) in [5, 5.41) is 8.41. The lowest BCUT2D eigenvalue weighted by atomic mass is 10.0. The summed E-state index contributed by atoms with van der Waals surface area (Å²) >= 11 is 0. The zero-order chi connectivity index (χ0) is 6.57. The van der Waals surface area contributed by atoms with Gasteiger partial charge in [0.2, 0.25) is 0 Å². The maximum atomic E-state index is 8.41. The van der Waals surface area contributed by atoms with Gasteiger partial charge in [-0.3, -0.25) is 0 Å². The van der Waals surface area contributed by atoms with Crippen LogP contribution >= 0.6 is 0 Å². The molecule has 1 atom stereocenters. The molecule has 0 spiro atoms. The zero-order valence-electron chi connectivity index (χ0n) is 5.59. The zero-order valence-corrected chi connectivity index (χ0v) is 5.59. The van der Waals surface area contributed by atoms with Gasteiger partial charge in [0.25, 0.3) is 0 Å². The molecule has 0 radical (unpaired) electrons. The monoisotopic (exact) mass is 117 g/mol. The average Bonchev–Trinajstić information content (AvgIpc) is 1.67. The molecule has 0 fully saturated rings. The van der Waals surface area contributed by atoms with Gasteiger partial charge in [-0.2, -0.15) is 0 Å². The van der Waals surface area contributed by atoms with Crippen molar-refractivity contribution < 1.29 is 5.11 Å². The highest BCUT2D eigenvalue weighted by Crippen LogP contribution is 2.00. The summed E-state index contributed by atoms with van der Waals surface area (Å²) in [6, 6.07) is 0.167. The topological polar surface area (TPSA) is 46.2 Å². The van der Waals surface area contributed by atoms with Crippen molar-refractivity contribution in [3.63, 3.8) is 0 Å². The largest absolute Gasteiger partial charge is 0.396 e. The van der Waals surface area contributed by atoms with E-state index in [4.69, 9.17) is 10.8 Å². The van der Waals surface area contributed by atoms with Crippen molar-refractivity contribution >= 4 is 0 Å². The molecule has 0 unspecified atom stereocenters. The van der Waals surface area contributed by atoms with Gasteiger partial charge in [-0.25, -0.2) is 0 Å².